The van der Waals surface area contributed by atoms with Gasteiger partial charge in [-0.2, -0.15) is 0 Å². The van der Waals surface area contributed by atoms with Gasteiger partial charge >= 0.3 is 0 Å². The first-order chi connectivity index (χ1) is 5.57. The third-order valence-corrected chi connectivity index (χ3v) is 2.82. The molecule has 2 heteroatoms. The lowest BCUT2D eigenvalue weighted by Crippen LogP contribution is -2.13. The summed E-state index contributed by atoms with van der Waals surface area (Å²) < 4.78 is 5.06. The molecule has 0 aromatic heterocycles. The van der Waals surface area contributed by atoms with E-state index in [1.807, 2.05) is 0 Å². The summed E-state index contributed by atoms with van der Waals surface area (Å²) in [6.45, 7) is 7.72. The van der Waals surface area contributed by atoms with Crippen LogP contribution in [0.25, 0.3) is 0 Å². The van der Waals surface area contributed by atoms with E-state index in [4.69, 9.17) is 4.74 Å². The van der Waals surface area contributed by atoms with E-state index in [0.29, 0.717) is 4.83 Å². The first-order valence-electron chi connectivity index (χ1n) is 4.71. The van der Waals surface area contributed by atoms with Crippen LogP contribution in [0.4, 0.5) is 0 Å². The van der Waals surface area contributed by atoms with Crippen molar-refractivity contribution >= 4 is 15.9 Å². The lowest BCUT2D eigenvalue weighted by Gasteiger charge is -2.20. The molecule has 0 aliphatic carbocycles. The van der Waals surface area contributed by atoms with Crippen molar-refractivity contribution in [3.05, 3.63) is 0 Å². The van der Waals surface area contributed by atoms with E-state index >= 15 is 0 Å². The summed E-state index contributed by atoms with van der Waals surface area (Å²) in [6, 6.07) is 0. The molecule has 1 nitrogen and oxygen atoms in total. The number of halogens is 1. The van der Waals surface area contributed by atoms with Crippen LogP contribution >= 0.6 is 15.9 Å². The smallest absolute Gasteiger partial charge is 0.0464 e. The largest absolute Gasteiger partial charge is 0.385 e. The van der Waals surface area contributed by atoms with Gasteiger partial charge in [-0.3, -0.25) is 0 Å². The molecule has 0 bridgehead atoms. The predicted molar refractivity (Wildman–Crippen MR) is 57.8 cm³/mol. The summed E-state index contributed by atoms with van der Waals surface area (Å²) in [5.74, 6) is 1.56. The van der Waals surface area contributed by atoms with Crippen molar-refractivity contribution < 1.29 is 4.74 Å². The zero-order valence-electron chi connectivity index (χ0n) is 8.64. The van der Waals surface area contributed by atoms with Gasteiger partial charge in [0.05, 0.1) is 0 Å². The Bertz CT molecular complexity index is 104. The lowest BCUT2D eigenvalue weighted by atomic mass is 9.89. The number of hydrogen-bond donors (Lipinski definition) is 0. The maximum Gasteiger partial charge on any atom is 0.0464 e. The molecule has 0 aliphatic heterocycles. The number of ether oxygens (including phenoxy) is 1. The van der Waals surface area contributed by atoms with Crippen molar-refractivity contribution in [2.45, 2.75) is 38.4 Å². The van der Waals surface area contributed by atoms with E-state index in [9.17, 15) is 0 Å². The highest BCUT2D eigenvalue weighted by Gasteiger charge is 2.13. The van der Waals surface area contributed by atoms with Gasteiger partial charge in [0.2, 0.25) is 0 Å². The fourth-order valence-corrected chi connectivity index (χ4v) is 1.92. The number of alkyl halides is 1. The van der Waals surface area contributed by atoms with Gasteiger partial charge < -0.3 is 4.74 Å². The fourth-order valence-electron chi connectivity index (χ4n) is 1.33. The summed E-state index contributed by atoms with van der Waals surface area (Å²) in [6.07, 6.45) is 2.43. The fraction of sp³-hybridized carbons (Fsp3) is 1.00. The molecule has 0 saturated heterocycles. The standard InChI is InChI=1S/C10H21BrO/c1-8(5-6-12-4)9(2)7-10(3)11/h8-10H,5-7H2,1-4H3. The van der Waals surface area contributed by atoms with Crippen LogP contribution in [0, 0.1) is 11.8 Å². The summed E-state index contributed by atoms with van der Waals surface area (Å²) in [5, 5.41) is 0. The quantitative estimate of drug-likeness (QED) is 0.643. The Labute approximate surface area is 85.0 Å². The monoisotopic (exact) mass is 236 g/mol. The number of rotatable bonds is 6. The number of hydrogen-bond acceptors (Lipinski definition) is 1. The van der Waals surface area contributed by atoms with Crippen molar-refractivity contribution in [1.29, 1.82) is 0 Å². The van der Waals surface area contributed by atoms with Gasteiger partial charge in [-0.1, -0.05) is 36.7 Å². The molecule has 12 heavy (non-hydrogen) atoms. The van der Waals surface area contributed by atoms with Crippen molar-refractivity contribution in [2.24, 2.45) is 11.8 Å². The molecule has 0 aromatic carbocycles. The minimum atomic E-state index is 0.637. The van der Waals surface area contributed by atoms with Gasteiger partial charge in [0, 0.05) is 18.5 Å². The second-order valence-corrected chi connectivity index (χ2v) is 5.32. The first-order valence-corrected chi connectivity index (χ1v) is 5.62. The normalized spacial score (nSPS) is 18.8. The van der Waals surface area contributed by atoms with Gasteiger partial charge in [0.15, 0.2) is 0 Å². The molecule has 0 aliphatic rings. The Kier molecular flexibility index (Phi) is 7.16. The molecule has 0 heterocycles. The van der Waals surface area contributed by atoms with Crippen molar-refractivity contribution in [3.8, 4) is 0 Å². The molecular weight excluding hydrogens is 216 g/mol. The molecular formula is C10H21BrO. The van der Waals surface area contributed by atoms with Gasteiger partial charge in [0.25, 0.3) is 0 Å². The molecule has 0 saturated carbocycles. The van der Waals surface area contributed by atoms with Gasteiger partial charge in [-0.15, -0.1) is 0 Å². The van der Waals surface area contributed by atoms with Crippen LogP contribution in [-0.4, -0.2) is 18.5 Å². The van der Waals surface area contributed by atoms with Crippen LogP contribution in [0.5, 0.6) is 0 Å². The van der Waals surface area contributed by atoms with Gasteiger partial charge in [-0.05, 0) is 24.7 Å². The summed E-state index contributed by atoms with van der Waals surface area (Å²) in [5.41, 5.74) is 0. The van der Waals surface area contributed by atoms with Crippen LogP contribution < -0.4 is 0 Å². The molecule has 0 amide bonds. The Hall–Kier alpha value is 0.440. The SMILES string of the molecule is COCCC(C)C(C)CC(C)Br. The lowest BCUT2D eigenvalue weighted by molar-refractivity contribution is 0.166. The van der Waals surface area contributed by atoms with Crippen LogP contribution in [-0.2, 0) is 4.74 Å². The third-order valence-electron chi connectivity index (χ3n) is 2.45. The summed E-state index contributed by atoms with van der Waals surface area (Å²) in [7, 11) is 1.77. The molecule has 0 rings (SSSR count). The molecule has 0 spiro atoms. The maximum atomic E-state index is 5.06. The average Bonchev–Trinajstić information content (AvgIpc) is 1.98. The first kappa shape index (κ1) is 12.4. The van der Waals surface area contributed by atoms with E-state index in [1.54, 1.807) is 7.11 Å². The molecule has 0 aromatic rings. The Balaban J connectivity index is 3.53. The zero-order chi connectivity index (χ0) is 9.56. The van der Waals surface area contributed by atoms with Crippen LogP contribution in [0.3, 0.4) is 0 Å². The number of methoxy groups -OCH3 is 1. The molecule has 74 valence electrons. The van der Waals surface area contributed by atoms with E-state index in [-0.39, 0.29) is 0 Å². The van der Waals surface area contributed by atoms with Gasteiger partial charge in [0.1, 0.15) is 0 Å². The average molecular weight is 237 g/mol. The minimum Gasteiger partial charge on any atom is -0.385 e. The topological polar surface area (TPSA) is 9.23 Å². The maximum absolute atomic E-state index is 5.06. The summed E-state index contributed by atoms with van der Waals surface area (Å²) >= 11 is 3.58. The highest BCUT2D eigenvalue weighted by molar-refractivity contribution is 9.09. The minimum absolute atomic E-state index is 0.637. The van der Waals surface area contributed by atoms with E-state index in [1.165, 1.54) is 12.8 Å². The Morgan fingerprint density at radius 3 is 2.17 bits per heavy atom. The molecule has 0 fully saturated rings. The van der Waals surface area contributed by atoms with Crippen molar-refractivity contribution in [3.63, 3.8) is 0 Å². The van der Waals surface area contributed by atoms with Gasteiger partial charge in [-0.25, -0.2) is 0 Å². The van der Waals surface area contributed by atoms with Crippen molar-refractivity contribution in [1.82, 2.24) is 0 Å². The highest BCUT2D eigenvalue weighted by Crippen LogP contribution is 2.22. The second kappa shape index (κ2) is 6.90. The molecule has 3 unspecified atom stereocenters. The Morgan fingerprint density at radius 2 is 1.75 bits per heavy atom. The molecule has 3 atom stereocenters. The van der Waals surface area contributed by atoms with E-state index in [0.717, 1.165) is 18.4 Å². The Morgan fingerprint density at radius 1 is 1.17 bits per heavy atom. The second-order valence-electron chi connectivity index (χ2n) is 3.75. The highest BCUT2D eigenvalue weighted by atomic mass is 79.9. The zero-order valence-corrected chi connectivity index (χ0v) is 10.2. The van der Waals surface area contributed by atoms with Crippen LogP contribution in [0.2, 0.25) is 0 Å². The third kappa shape index (κ3) is 6.01. The van der Waals surface area contributed by atoms with Crippen LogP contribution in [0.15, 0.2) is 0 Å². The van der Waals surface area contributed by atoms with Crippen LogP contribution in [0.1, 0.15) is 33.6 Å². The van der Waals surface area contributed by atoms with E-state index in [2.05, 4.69) is 36.7 Å². The molecule has 0 radical (unpaired) electrons. The molecule has 0 N–H and O–H groups in total. The van der Waals surface area contributed by atoms with Crippen molar-refractivity contribution in [2.75, 3.05) is 13.7 Å². The van der Waals surface area contributed by atoms with E-state index < -0.39 is 0 Å². The summed E-state index contributed by atoms with van der Waals surface area (Å²) in [4.78, 5) is 0.637. The predicted octanol–water partition coefficient (Wildman–Crippen LogP) is 3.47.